The van der Waals surface area contributed by atoms with Gasteiger partial charge in [0, 0.05) is 5.56 Å². The molecular formula is C16H15N5O2. The molecule has 0 aliphatic heterocycles. The Kier molecular flexibility index (Phi) is 4.28. The van der Waals surface area contributed by atoms with Gasteiger partial charge in [0.15, 0.2) is 0 Å². The number of para-hydroxylation sites is 1. The van der Waals surface area contributed by atoms with Crippen molar-refractivity contribution in [1.29, 1.82) is 0 Å². The van der Waals surface area contributed by atoms with Crippen LogP contribution in [0.3, 0.4) is 0 Å². The van der Waals surface area contributed by atoms with Crippen molar-refractivity contribution in [2.45, 2.75) is 6.54 Å². The molecule has 0 spiro atoms. The van der Waals surface area contributed by atoms with E-state index in [1.807, 2.05) is 48.5 Å². The first kappa shape index (κ1) is 14.7. The number of fused-ring (bicyclic) bond motifs is 1. The van der Waals surface area contributed by atoms with Crippen LogP contribution in [0, 0.1) is 0 Å². The maximum Gasteiger partial charge on any atom is 0.263 e. The monoisotopic (exact) mass is 309 g/mol. The maximum atomic E-state index is 11.9. The first-order valence-electron chi connectivity index (χ1n) is 7.01. The van der Waals surface area contributed by atoms with Crippen molar-refractivity contribution >= 4 is 23.2 Å². The third kappa shape index (κ3) is 3.52. The van der Waals surface area contributed by atoms with E-state index in [4.69, 9.17) is 4.74 Å². The van der Waals surface area contributed by atoms with Crippen LogP contribution in [0.5, 0.6) is 5.75 Å². The Labute approximate surface area is 132 Å². The predicted molar refractivity (Wildman–Crippen MR) is 86.3 cm³/mol. The van der Waals surface area contributed by atoms with Gasteiger partial charge in [0.2, 0.25) is 0 Å². The van der Waals surface area contributed by atoms with Gasteiger partial charge in [-0.05, 0) is 24.3 Å². The number of carbonyl (C=O) groups is 1. The largest absolute Gasteiger partial charge is 0.496 e. The quantitative estimate of drug-likeness (QED) is 0.573. The molecule has 23 heavy (non-hydrogen) atoms. The smallest absolute Gasteiger partial charge is 0.263 e. The molecule has 0 fully saturated rings. The van der Waals surface area contributed by atoms with Crippen LogP contribution >= 0.6 is 0 Å². The van der Waals surface area contributed by atoms with E-state index in [1.54, 1.807) is 7.11 Å². The first-order valence-corrected chi connectivity index (χ1v) is 7.01. The van der Waals surface area contributed by atoms with Crippen molar-refractivity contribution in [3.63, 3.8) is 0 Å². The number of amides is 1. The van der Waals surface area contributed by atoms with E-state index in [2.05, 4.69) is 20.7 Å². The summed E-state index contributed by atoms with van der Waals surface area (Å²) in [5, 5.41) is 12.4. The topological polar surface area (TPSA) is 81.4 Å². The summed E-state index contributed by atoms with van der Waals surface area (Å²) >= 11 is 0. The molecular weight excluding hydrogens is 294 g/mol. The van der Waals surface area contributed by atoms with Crippen LogP contribution in [0.2, 0.25) is 0 Å². The fourth-order valence-electron chi connectivity index (χ4n) is 2.09. The molecule has 3 aromatic rings. The summed E-state index contributed by atoms with van der Waals surface area (Å²) in [5.74, 6) is 0.377. The highest BCUT2D eigenvalue weighted by Crippen LogP contribution is 2.14. The van der Waals surface area contributed by atoms with Gasteiger partial charge in [-0.25, -0.2) is 5.43 Å². The molecule has 0 aliphatic rings. The van der Waals surface area contributed by atoms with Gasteiger partial charge in [0.1, 0.15) is 23.3 Å². The molecule has 0 saturated heterocycles. The maximum absolute atomic E-state index is 11.9. The van der Waals surface area contributed by atoms with Gasteiger partial charge in [0.05, 0.1) is 13.3 Å². The highest BCUT2D eigenvalue weighted by molar-refractivity contribution is 5.85. The molecule has 0 aliphatic carbocycles. The van der Waals surface area contributed by atoms with Crippen molar-refractivity contribution in [2.75, 3.05) is 7.11 Å². The second-order valence-corrected chi connectivity index (χ2v) is 4.75. The Hall–Kier alpha value is -3.22. The number of carbonyl (C=O) groups excluding carboxylic acids is 1. The van der Waals surface area contributed by atoms with E-state index < -0.39 is 0 Å². The number of hydrogen-bond acceptors (Lipinski definition) is 5. The molecule has 7 heteroatoms. The van der Waals surface area contributed by atoms with Crippen LogP contribution in [0.15, 0.2) is 53.6 Å². The third-order valence-electron chi connectivity index (χ3n) is 3.14. The Morgan fingerprint density at radius 3 is 2.52 bits per heavy atom. The fraction of sp³-hybridized carbons (Fsp3) is 0.125. The second kappa shape index (κ2) is 6.69. The minimum Gasteiger partial charge on any atom is -0.496 e. The minimum absolute atomic E-state index is 0.00204. The van der Waals surface area contributed by atoms with Crippen molar-refractivity contribution in [2.24, 2.45) is 5.10 Å². The minimum atomic E-state index is -0.309. The summed E-state index contributed by atoms with van der Waals surface area (Å²) in [5.41, 5.74) is 4.72. The van der Waals surface area contributed by atoms with Gasteiger partial charge in [-0.15, -0.1) is 0 Å². The number of nitrogens with one attached hydrogen (secondary N) is 1. The zero-order valence-corrected chi connectivity index (χ0v) is 12.5. The van der Waals surface area contributed by atoms with Gasteiger partial charge in [-0.3, -0.25) is 4.79 Å². The molecule has 0 atom stereocenters. The molecule has 1 amide bonds. The zero-order valence-electron chi connectivity index (χ0n) is 12.5. The van der Waals surface area contributed by atoms with Crippen LogP contribution < -0.4 is 10.2 Å². The van der Waals surface area contributed by atoms with Gasteiger partial charge >= 0.3 is 0 Å². The van der Waals surface area contributed by atoms with Gasteiger partial charge in [-0.2, -0.15) is 20.1 Å². The summed E-state index contributed by atoms with van der Waals surface area (Å²) in [7, 11) is 1.58. The second-order valence-electron chi connectivity index (χ2n) is 4.75. The number of nitrogens with zero attached hydrogens (tertiary/aromatic N) is 4. The van der Waals surface area contributed by atoms with Crippen LogP contribution in [0.1, 0.15) is 5.56 Å². The van der Waals surface area contributed by atoms with Crippen LogP contribution in [0.25, 0.3) is 11.0 Å². The first-order chi connectivity index (χ1) is 11.3. The van der Waals surface area contributed by atoms with E-state index in [0.717, 1.165) is 16.6 Å². The van der Waals surface area contributed by atoms with Crippen LogP contribution in [0.4, 0.5) is 0 Å². The number of methoxy groups -OCH3 is 1. The highest BCUT2D eigenvalue weighted by Gasteiger charge is 2.06. The summed E-state index contributed by atoms with van der Waals surface area (Å²) in [4.78, 5) is 13.2. The number of ether oxygens (including phenoxy) is 1. The molecule has 3 rings (SSSR count). The van der Waals surface area contributed by atoms with Crippen molar-refractivity contribution in [3.8, 4) is 5.75 Å². The Balaban J connectivity index is 1.62. The summed E-state index contributed by atoms with van der Waals surface area (Å²) < 4.78 is 5.20. The molecule has 1 aromatic heterocycles. The number of aromatic nitrogens is 3. The van der Waals surface area contributed by atoms with Crippen LogP contribution in [-0.4, -0.2) is 34.2 Å². The fourth-order valence-corrected chi connectivity index (χ4v) is 2.09. The molecule has 0 radical (unpaired) electrons. The standard InChI is InChI=1S/C16H15N5O2/c1-23-15-9-5-2-6-12(15)10-17-18-16(22)11-21-19-13-7-3-4-8-14(13)20-21/h2-10H,11H2,1H3,(H,18,22). The molecule has 0 bridgehead atoms. The molecule has 1 N–H and O–H groups in total. The Morgan fingerprint density at radius 1 is 1.17 bits per heavy atom. The molecule has 1 heterocycles. The lowest BCUT2D eigenvalue weighted by Gasteiger charge is -2.03. The number of hydrogen-bond donors (Lipinski definition) is 1. The van der Waals surface area contributed by atoms with E-state index in [1.165, 1.54) is 11.0 Å². The number of benzene rings is 2. The van der Waals surface area contributed by atoms with E-state index in [0.29, 0.717) is 5.75 Å². The molecule has 2 aromatic carbocycles. The van der Waals surface area contributed by atoms with Gasteiger partial charge < -0.3 is 4.74 Å². The van der Waals surface area contributed by atoms with Crippen molar-refractivity contribution in [1.82, 2.24) is 20.4 Å². The highest BCUT2D eigenvalue weighted by atomic mass is 16.5. The lowest BCUT2D eigenvalue weighted by molar-refractivity contribution is -0.122. The average molecular weight is 309 g/mol. The zero-order chi connectivity index (χ0) is 16.1. The van der Waals surface area contributed by atoms with E-state index >= 15 is 0 Å². The summed E-state index contributed by atoms with van der Waals surface area (Å²) in [6, 6.07) is 14.8. The predicted octanol–water partition coefficient (Wildman–Crippen LogP) is 1.59. The third-order valence-corrected chi connectivity index (χ3v) is 3.14. The number of rotatable bonds is 5. The normalized spacial score (nSPS) is 11.0. The van der Waals surface area contributed by atoms with Gasteiger partial charge in [-0.1, -0.05) is 24.3 Å². The Bertz CT molecular complexity index is 823. The SMILES string of the molecule is COc1ccccc1C=NNC(=O)Cn1nc2ccccc2n1. The summed E-state index contributed by atoms with van der Waals surface area (Å²) in [6.07, 6.45) is 1.53. The van der Waals surface area contributed by atoms with Crippen LogP contribution in [-0.2, 0) is 11.3 Å². The molecule has 0 saturated carbocycles. The molecule has 116 valence electrons. The van der Waals surface area contributed by atoms with Crippen molar-refractivity contribution < 1.29 is 9.53 Å². The molecule has 0 unspecified atom stereocenters. The van der Waals surface area contributed by atoms with Crippen molar-refractivity contribution in [3.05, 3.63) is 54.1 Å². The lowest BCUT2D eigenvalue weighted by atomic mass is 10.2. The Morgan fingerprint density at radius 2 is 1.83 bits per heavy atom. The lowest BCUT2D eigenvalue weighted by Crippen LogP contribution is -2.24. The van der Waals surface area contributed by atoms with E-state index in [-0.39, 0.29) is 12.5 Å². The average Bonchev–Trinajstić information content (AvgIpc) is 2.97. The summed E-state index contributed by atoms with van der Waals surface area (Å²) in [6.45, 7) is -0.00204. The van der Waals surface area contributed by atoms with E-state index in [9.17, 15) is 4.79 Å². The number of hydrazone groups is 1. The molecule has 7 nitrogen and oxygen atoms in total. The van der Waals surface area contributed by atoms with Gasteiger partial charge in [0.25, 0.3) is 5.91 Å².